The molecule has 1 heterocycles. The summed E-state index contributed by atoms with van der Waals surface area (Å²) in [5.74, 6) is -0.224. The molecule has 4 heteroatoms. The Bertz CT molecular complexity index is 461. The Labute approximate surface area is 93.7 Å². The molecule has 0 fully saturated rings. The van der Waals surface area contributed by atoms with Crippen LogP contribution < -0.4 is 5.73 Å². The molecule has 1 unspecified atom stereocenters. The van der Waals surface area contributed by atoms with E-state index >= 15 is 0 Å². The van der Waals surface area contributed by atoms with Crippen molar-refractivity contribution in [1.82, 2.24) is 9.55 Å². The number of nitrogens with zero attached hydrogens (tertiary/aromatic N) is 2. The van der Waals surface area contributed by atoms with E-state index in [1.807, 2.05) is 11.6 Å². The molecule has 84 valence electrons. The van der Waals surface area contributed by atoms with Crippen molar-refractivity contribution in [3.05, 3.63) is 53.9 Å². The minimum Gasteiger partial charge on any atom is -0.336 e. The second-order valence-electron chi connectivity index (χ2n) is 3.87. The van der Waals surface area contributed by atoms with E-state index in [4.69, 9.17) is 5.73 Å². The fraction of sp³-hybridized carbons (Fsp3) is 0.250. The summed E-state index contributed by atoms with van der Waals surface area (Å²) < 4.78 is 14.6. The minimum absolute atomic E-state index is 0.113. The van der Waals surface area contributed by atoms with E-state index in [9.17, 15) is 4.39 Å². The van der Waals surface area contributed by atoms with Crippen molar-refractivity contribution in [2.24, 2.45) is 12.8 Å². The van der Waals surface area contributed by atoms with Gasteiger partial charge in [0.05, 0.1) is 18.1 Å². The van der Waals surface area contributed by atoms with Crippen LogP contribution in [0.4, 0.5) is 4.39 Å². The van der Waals surface area contributed by atoms with Gasteiger partial charge in [-0.05, 0) is 24.1 Å². The van der Waals surface area contributed by atoms with E-state index in [2.05, 4.69) is 4.98 Å². The minimum atomic E-state index is -0.224. The van der Waals surface area contributed by atoms with E-state index < -0.39 is 0 Å². The van der Waals surface area contributed by atoms with Crippen molar-refractivity contribution in [3.8, 4) is 0 Å². The Kier molecular flexibility index (Phi) is 3.01. The zero-order valence-electron chi connectivity index (χ0n) is 9.10. The highest BCUT2D eigenvalue weighted by molar-refractivity contribution is 5.19. The van der Waals surface area contributed by atoms with E-state index in [0.717, 1.165) is 11.3 Å². The largest absolute Gasteiger partial charge is 0.336 e. The molecule has 0 saturated heterocycles. The fourth-order valence-corrected chi connectivity index (χ4v) is 1.70. The van der Waals surface area contributed by atoms with Crippen LogP contribution in [0.5, 0.6) is 0 Å². The van der Waals surface area contributed by atoms with Crippen LogP contribution in [-0.4, -0.2) is 9.55 Å². The van der Waals surface area contributed by atoms with Crippen molar-refractivity contribution < 1.29 is 4.39 Å². The standard InChI is InChI=1S/C12H14FN3/c1-16-8-15-7-12(16)11(14)6-9-2-4-10(13)5-3-9/h2-5,7-8,11H,6,14H2,1H3. The second kappa shape index (κ2) is 4.45. The maximum atomic E-state index is 12.7. The van der Waals surface area contributed by atoms with Crippen LogP contribution in [0.1, 0.15) is 17.3 Å². The third kappa shape index (κ3) is 2.28. The third-order valence-electron chi connectivity index (χ3n) is 2.60. The van der Waals surface area contributed by atoms with Gasteiger partial charge in [-0.25, -0.2) is 9.37 Å². The number of aromatic nitrogens is 2. The zero-order valence-corrected chi connectivity index (χ0v) is 9.10. The van der Waals surface area contributed by atoms with Crippen LogP contribution in [0.3, 0.4) is 0 Å². The van der Waals surface area contributed by atoms with Gasteiger partial charge in [-0.1, -0.05) is 12.1 Å². The summed E-state index contributed by atoms with van der Waals surface area (Å²) in [6, 6.07) is 6.30. The number of hydrogen-bond acceptors (Lipinski definition) is 2. The molecule has 16 heavy (non-hydrogen) atoms. The summed E-state index contributed by atoms with van der Waals surface area (Å²) in [5, 5.41) is 0. The fourth-order valence-electron chi connectivity index (χ4n) is 1.70. The van der Waals surface area contributed by atoms with Gasteiger partial charge in [-0.2, -0.15) is 0 Å². The highest BCUT2D eigenvalue weighted by atomic mass is 19.1. The van der Waals surface area contributed by atoms with Crippen molar-refractivity contribution in [2.45, 2.75) is 12.5 Å². The summed E-state index contributed by atoms with van der Waals surface area (Å²) in [6.45, 7) is 0. The van der Waals surface area contributed by atoms with Crippen molar-refractivity contribution >= 4 is 0 Å². The molecule has 0 saturated carbocycles. The average Bonchev–Trinajstić information content (AvgIpc) is 2.68. The predicted octanol–water partition coefficient (Wildman–Crippen LogP) is 1.80. The van der Waals surface area contributed by atoms with Gasteiger partial charge in [0.25, 0.3) is 0 Å². The number of aryl methyl sites for hydroxylation is 1. The molecule has 0 amide bonds. The lowest BCUT2D eigenvalue weighted by Crippen LogP contribution is -2.16. The second-order valence-corrected chi connectivity index (χ2v) is 3.87. The van der Waals surface area contributed by atoms with Gasteiger partial charge in [-0.15, -0.1) is 0 Å². The summed E-state index contributed by atoms with van der Waals surface area (Å²) in [6.07, 6.45) is 4.16. The maximum Gasteiger partial charge on any atom is 0.123 e. The van der Waals surface area contributed by atoms with Gasteiger partial charge < -0.3 is 10.3 Å². The molecule has 2 aromatic rings. The SMILES string of the molecule is Cn1cncc1C(N)Cc1ccc(F)cc1. The molecule has 0 aliphatic carbocycles. The molecule has 0 aliphatic rings. The Balaban J connectivity index is 2.10. The van der Waals surface area contributed by atoms with Crippen LogP contribution >= 0.6 is 0 Å². The van der Waals surface area contributed by atoms with E-state index in [1.165, 1.54) is 12.1 Å². The number of benzene rings is 1. The maximum absolute atomic E-state index is 12.7. The van der Waals surface area contributed by atoms with E-state index in [-0.39, 0.29) is 11.9 Å². The molecule has 2 N–H and O–H groups in total. The monoisotopic (exact) mass is 219 g/mol. The quantitative estimate of drug-likeness (QED) is 0.855. The molecule has 0 radical (unpaired) electrons. The lowest BCUT2D eigenvalue weighted by molar-refractivity contribution is 0.623. The van der Waals surface area contributed by atoms with E-state index in [0.29, 0.717) is 6.42 Å². The molecule has 0 aliphatic heterocycles. The average molecular weight is 219 g/mol. The molecule has 1 aromatic heterocycles. The number of imidazole rings is 1. The Morgan fingerprint density at radius 2 is 2.06 bits per heavy atom. The normalized spacial score (nSPS) is 12.7. The molecule has 0 bridgehead atoms. The number of hydrogen-bond donors (Lipinski definition) is 1. The molecule has 1 aromatic carbocycles. The van der Waals surface area contributed by atoms with Crippen LogP contribution in [0, 0.1) is 5.82 Å². The lowest BCUT2D eigenvalue weighted by atomic mass is 10.0. The summed E-state index contributed by atoms with van der Waals surface area (Å²) in [4.78, 5) is 4.02. The van der Waals surface area contributed by atoms with Gasteiger partial charge in [-0.3, -0.25) is 0 Å². The van der Waals surface area contributed by atoms with Crippen molar-refractivity contribution in [3.63, 3.8) is 0 Å². The molecule has 3 nitrogen and oxygen atoms in total. The Morgan fingerprint density at radius 3 is 2.62 bits per heavy atom. The molecular formula is C12H14FN3. The van der Waals surface area contributed by atoms with Gasteiger partial charge in [0.15, 0.2) is 0 Å². The van der Waals surface area contributed by atoms with Gasteiger partial charge in [0.2, 0.25) is 0 Å². The summed E-state index contributed by atoms with van der Waals surface area (Å²) in [7, 11) is 1.91. The first kappa shape index (κ1) is 10.8. The summed E-state index contributed by atoms with van der Waals surface area (Å²) in [5.41, 5.74) is 8.06. The van der Waals surface area contributed by atoms with Gasteiger partial charge >= 0.3 is 0 Å². The topological polar surface area (TPSA) is 43.8 Å². The van der Waals surface area contributed by atoms with Crippen molar-refractivity contribution in [2.75, 3.05) is 0 Å². The Hall–Kier alpha value is -1.68. The zero-order chi connectivity index (χ0) is 11.5. The number of rotatable bonds is 3. The van der Waals surface area contributed by atoms with E-state index in [1.54, 1.807) is 24.7 Å². The van der Waals surface area contributed by atoms with Gasteiger partial charge in [0, 0.05) is 13.2 Å². The highest BCUT2D eigenvalue weighted by Crippen LogP contribution is 2.15. The predicted molar refractivity (Wildman–Crippen MR) is 60.2 cm³/mol. The molecule has 1 atom stereocenters. The third-order valence-corrected chi connectivity index (χ3v) is 2.60. The van der Waals surface area contributed by atoms with Crippen LogP contribution in [0.25, 0.3) is 0 Å². The molecular weight excluding hydrogens is 205 g/mol. The molecule has 0 spiro atoms. The van der Waals surface area contributed by atoms with Crippen LogP contribution in [0.2, 0.25) is 0 Å². The molecule has 2 rings (SSSR count). The van der Waals surface area contributed by atoms with Crippen LogP contribution in [-0.2, 0) is 13.5 Å². The summed E-state index contributed by atoms with van der Waals surface area (Å²) >= 11 is 0. The Morgan fingerprint density at radius 1 is 1.38 bits per heavy atom. The van der Waals surface area contributed by atoms with Crippen LogP contribution in [0.15, 0.2) is 36.8 Å². The first-order valence-electron chi connectivity index (χ1n) is 5.13. The van der Waals surface area contributed by atoms with Crippen molar-refractivity contribution in [1.29, 1.82) is 0 Å². The van der Waals surface area contributed by atoms with Gasteiger partial charge in [0.1, 0.15) is 5.82 Å². The number of halogens is 1. The first-order valence-corrected chi connectivity index (χ1v) is 5.13. The highest BCUT2D eigenvalue weighted by Gasteiger charge is 2.10. The number of nitrogens with two attached hydrogens (primary N) is 1. The smallest absolute Gasteiger partial charge is 0.123 e. The first-order chi connectivity index (χ1) is 7.66. The lowest BCUT2D eigenvalue weighted by Gasteiger charge is -2.12.